The largest absolute Gasteiger partial charge is 0.301 e. The lowest BCUT2D eigenvalue weighted by Crippen LogP contribution is -2.34. The van der Waals surface area contributed by atoms with Gasteiger partial charge >= 0.3 is 0 Å². The van der Waals surface area contributed by atoms with E-state index in [1.54, 1.807) is 0 Å². The summed E-state index contributed by atoms with van der Waals surface area (Å²) >= 11 is 0. The highest BCUT2D eigenvalue weighted by Crippen LogP contribution is 2.10. The van der Waals surface area contributed by atoms with Crippen molar-refractivity contribution in [3.8, 4) is 0 Å². The Morgan fingerprint density at radius 2 is 2.11 bits per heavy atom. The lowest BCUT2D eigenvalue weighted by atomic mass is 10.1. The number of hydroxylamine groups is 1. The molecule has 1 aromatic rings. The maximum atomic E-state index is 5.51. The molecule has 1 saturated heterocycles. The van der Waals surface area contributed by atoms with Crippen molar-refractivity contribution in [2.75, 3.05) is 26.2 Å². The summed E-state index contributed by atoms with van der Waals surface area (Å²) in [5.74, 6) is 0.586. The summed E-state index contributed by atoms with van der Waals surface area (Å²) in [4.78, 5) is 8.03. The minimum Gasteiger partial charge on any atom is -0.301 e. The summed E-state index contributed by atoms with van der Waals surface area (Å²) in [5, 5.41) is 0. The van der Waals surface area contributed by atoms with Gasteiger partial charge in [-0.3, -0.25) is 0 Å². The third-order valence-electron chi connectivity index (χ3n) is 3.50. The smallest absolute Gasteiger partial charge is 0.0705 e. The van der Waals surface area contributed by atoms with Crippen LogP contribution in [-0.2, 0) is 11.3 Å². The first-order valence-electron chi connectivity index (χ1n) is 7.37. The molecule has 1 atom stereocenters. The van der Waals surface area contributed by atoms with E-state index in [1.165, 1.54) is 18.5 Å². The first kappa shape index (κ1) is 14.5. The molecule has 1 aliphatic rings. The Morgan fingerprint density at radius 3 is 2.84 bits per heavy atom. The fourth-order valence-electron chi connectivity index (χ4n) is 2.40. The van der Waals surface area contributed by atoms with Crippen LogP contribution in [-0.4, -0.2) is 37.2 Å². The van der Waals surface area contributed by atoms with Crippen LogP contribution in [0.3, 0.4) is 0 Å². The van der Waals surface area contributed by atoms with E-state index < -0.39 is 0 Å². The van der Waals surface area contributed by atoms with Crippen LogP contribution >= 0.6 is 0 Å². The first-order chi connectivity index (χ1) is 9.24. The van der Waals surface area contributed by atoms with Crippen molar-refractivity contribution in [1.29, 1.82) is 0 Å². The summed E-state index contributed by atoms with van der Waals surface area (Å²) in [6.45, 7) is 8.55. The molecule has 0 amide bonds. The maximum absolute atomic E-state index is 5.51. The highest BCUT2D eigenvalue weighted by Gasteiger charge is 2.21. The monoisotopic (exact) mass is 262 g/mol. The molecule has 1 N–H and O–H groups in total. The Labute approximate surface area is 116 Å². The molecule has 1 aliphatic heterocycles. The standard InChI is InChI=1S/C16H26N2O/c1-14(2)13-19-17-16-9-11-18(12-16)10-8-15-6-4-3-5-7-15/h3-7,14,16-17H,8-13H2,1-2H3. The van der Waals surface area contributed by atoms with Crippen LogP contribution in [0.4, 0.5) is 0 Å². The fraction of sp³-hybridized carbons (Fsp3) is 0.625. The highest BCUT2D eigenvalue weighted by atomic mass is 16.6. The molecule has 1 unspecified atom stereocenters. The topological polar surface area (TPSA) is 24.5 Å². The van der Waals surface area contributed by atoms with Crippen LogP contribution in [0.25, 0.3) is 0 Å². The van der Waals surface area contributed by atoms with Crippen LogP contribution in [0, 0.1) is 5.92 Å². The van der Waals surface area contributed by atoms with Crippen molar-refractivity contribution in [3.63, 3.8) is 0 Å². The number of hydrogen-bond donors (Lipinski definition) is 1. The van der Waals surface area contributed by atoms with Crippen molar-refractivity contribution in [1.82, 2.24) is 10.4 Å². The molecule has 19 heavy (non-hydrogen) atoms. The molecule has 3 heteroatoms. The van der Waals surface area contributed by atoms with Gasteiger partial charge in [-0.25, -0.2) is 0 Å². The predicted molar refractivity (Wildman–Crippen MR) is 78.9 cm³/mol. The lowest BCUT2D eigenvalue weighted by Gasteiger charge is -2.17. The molecule has 2 rings (SSSR count). The summed E-state index contributed by atoms with van der Waals surface area (Å²) in [5.41, 5.74) is 4.63. The van der Waals surface area contributed by atoms with Crippen LogP contribution in [0.15, 0.2) is 30.3 Å². The molecule has 1 aromatic carbocycles. The van der Waals surface area contributed by atoms with Gasteiger partial charge in [-0.2, -0.15) is 5.48 Å². The van der Waals surface area contributed by atoms with Gasteiger partial charge in [0.15, 0.2) is 0 Å². The van der Waals surface area contributed by atoms with Gasteiger partial charge in [-0.1, -0.05) is 44.2 Å². The molecule has 0 radical (unpaired) electrons. The SMILES string of the molecule is CC(C)CONC1CCN(CCc2ccccc2)C1. The zero-order valence-electron chi connectivity index (χ0n) is 12.1. The fourth-order valence-corrected chi connectivity index (χ4v) is 2.40. The Hall–Kier alpha value is -0.900. The van der Waals surface area contributed by atoms with E-state index in [0.717, 1.165) is 26.1 Å². The normalized spacial score (nSPS) is 20.3. The summed E-state index contributed by atoms with van der Waals surface area (Å²) in [7, 11) is 0. The summed E-state index contributed by atoms with van der Waals surface area (Å²) in [6.07, 6.45) is 2.33. The number of likely N-dealkylation sites (tertiary alicyclic amines) is 1. The van der Waals surface area contributed by atoms with Crippen molar-refractivity contribution < 1.29 is 4.84 Å². The van der Waals surface area contributed by atoms with Gasteiger partial charge in [0.25, 0.3) is 0 Å². The van der Waals surface area contributed by atoms with Crippen LogP contribution in [0.5, 0.6) is 0 Å². The molecule has 1 fully saturated rings. The van der Waals surface area contributed by atoms with Gasteiger partial charge in [0, 0.05) is 19.1 Å². The van der Waals surface area contributed by atoms with Crippen molar-refractivity contribution in [2.45, 2.75) is 32.7 Å². The van der Waals surface area contributed by atoms with Crippen LogP contribution in [0.2, 0.25) is 0 Å². The molecule has 1 heterocycles. The molecule has 0 aliphatic carbocycles. The maximum Gasteiger partial charge on any atom is 0.0705 e. The molecular weight excluding hydrogens is 236 g/mol. The third-order valence-corrected chi connectivity index (χ3v) is 3.50. The van der Waals surface area contributed by atoms with E-state index in [4.69, 9.17) is 4.84 Å². The first-order valence-corrected chi connectivity index (χ1v) is 7.37. The van der Waals surface area contributed by atoms with Gasteiger partial charge in [-0.15, -0.1) is 0 Å². The molecule has 0 bridgehead atoms. The number of hydrogen-bond acceptors (Lipinski definition) is 3. The predicted octanol–water partition coefficient (Wildman–Crippen LogP) is 2.48. The zero-order valence-corrected chi connectivity index (χ0v) is 12.1. The Morgan fingerprint density at radius 1 is 1.32 bits per heavy atom. The second-order valence-electron chi connectivity index (χ2n) is 5.84. The van der Waals surface area contributed by atoms with E-state index in [2.05, 4.69) is 54.6 Å². The molecule has 3 nitrogen and oxygen atoms in total. The van der Waals surface area contributed by atoms with Crippen LogP contribution < -0.4 is 5.48 Å². The zero-order chi connectivity index (χ0) is 13.5. The van der Waals surface area contributed by atoms with Gasteiger partial charge in [-0.05, 0) is 30.9 Å². The van der Waals surface area contributed by atoms with E-state index in [9.17, 15) is 0 Å². The molecule has 0 saturated carbocycles. The van der Waals surface area contributed by atoms with Gasteiger partial charge < -0.3 is 9.74 Å². The molecule has 106 valence electrons. The van der Waals surface area contributed by atoms with Gasteiger partial charge in [0.2, 0.25) is 0 Å². The van der Waals surface area contributed by atoms with Crippen molar-refractivity contribution >= 4 is 0 Å². The van der Waals surface area contributed by atoms with Gasteiger partial charge in [0.05, 0.1) is 6.61 Å². The van der Waals surface area contributed by atoms with E-state index in [0.29, 0.717) is 12.0 Å². The average molecular weight is 262 g/mol. The quantitative estimate of drug-likeness (QED) is 0.764. The Balaban J connectivity index is 1.62. The summed E-state index contributed by atoms with van der Waals surface area (Å²) in [6, 6.07) is 11.2. The average Bonchev–Trinajstić information content (AvgIpc) is 2.85. The number of benzene rings is 1. The lowest BCUT2D eigenvalue weighted by molar-refractivity contribution is 0.00296. The third kappa shape index (κ3) is 5.31. The van der Waals surface area contributed by atoms with Crippen molar-refractivity contribution in [3.05, 3.63) is 35.9 Å². The number of nitrogens with zero attached hydrogens (tertiary/aromatic N) is 1. The minimum absolute atomic E-state index is 0.495. The van der Waals surface area contributed by atoms with Crippen LogP contribution in [0.1, 0.15) is 25.8 Å². The molecular formula is C16H26N2O. The number of rotatable bonds is 7. The Kier molecular flexibility index (Phi) is 5.83. The van der Waals surface area contributed by atoms with E-state index in [-0.39, 0.29) is 0 Å². The summed E-state index contributed by atoms with van der Waals surface area (Å²) < 4.78 is 0. The minimum atomic E-state index is 0.495. The van der Waals surface area contributed by atoms with E-state index in [1.807, 2.05) is 0 Å². The second-order valence-corrected chi connectivity index (χ2v) is 5.84. The van der Waals surface area contributed by atoms with Gasteiger partial charge in [0.1, 0.15) is 0 Å². The second kappa shape index (κ2) is 7.63. The number of nitrogens with one attached hydrogen (secondary N) is 1. The Bertz CT molecular complexity index is 353. The molecule has 0 spiro atoms. The van der Waals surface area contributed by atoms with E-state index >= 15 is 0 Å². The highest BCUT2D eigenvalue weighted by molar-refractivity contribution is 5.14. The molecule has 0 aromatic heterocycles. The van der Waals surface area contributed by atoms with Crippen molar-refractivity contribution in [2.24, 2.45) is 5.92 Å².